The fraction of sp³-hybridized carbons (Fsp3) is 0.409. The number of anilines is 1. The number of fused-ring (bicyclic) bond motifs is 1. The predicted octanol–water partition coefficient (Wildman–Crippen LogP) is 4.17. The zero-order chi connectivity index (χ0) is 21.0. The van der Waals surface area contributed by atoms with Crippen molar-refractivity contribution < 1.29 is 13.2 Å². The summed E-state index contributed by atoms with van der Waals surface area (Å²) in [6.07, 6.45) is 0.661. The Bertz CT molecular complexity index is 968. The van der Waals surface area contributed by atoms with E-state index in [0.717, 1.165) is 22.8 Å². The van der Waals surface area contributed by atoms with Gasteiger partial charge in [0.05, 0.1) is 4.90 Å². The van der Waals surface area contributed by atoms with E-state index in [1.54, 1.807) is 23.1 Å². The molecule has 0 unspecified atom stereocenters. The number of amides is 1. The Morgan fingerprint density at radius 3 is 2.38 bits per heavy atom. The summed E-state index contributed by atoms with van der Waals surface area (Å²) in [5.74, 6) is 1.97. The van der Waals surface area contributed by atoms with Crippen LogP contribution in [0, 0.1) is 0 Å². The second kappa shape index (κ2) is 9.32. The van der Waals surface area contributed by atoms with Gasteiger partial charge in [-0.2, -0.15) is 16.1 Å². The van der Waals surface area contributed by atoms with Crippen molar-refractivity contribution in [1.82, 2.24) is 4.31 Å². The van der Waals surface area contributed by atoms with Crippen molar-refractivity contribution in [3.05, 3.63) is 59.2 Å². The maximum atomic E-state index is 13.0. The van der Waals surface area contributed by atoms with Gasteiger partial charge in [-0.25, -0.2) is 8.42 Å². The van der Waals surface area contributed by atoms with E-state index in [4.69, 9.17) is 0 Å². The molecule has 0 atom stereocenters. The van der Waals surface area contributed by atoms with Crippen LogP contribution in [0.25, 0.3) is 0 Å². The van der Waals surface area contributed by atoms with Gasteiger partial charge in [0.2, 0.25) is 10.0 Å². The van der Waals surface area contributed by atoms with E-state index in [9.17, 15) is 13.2 Å². The largest absolute Gasteiger partial charge is 0.308 e. The molecule has 2 aromatic carbocycles. The van der Waals surface area contributed by atoms with E-state index < -0.39 is 10.0 Å². The van der Waals surface area contributed by atoms with Gasteiger partial charge in [-0.3, -0.25) is 4.79 Å². The minimum atomic E-state index is -3.50. The first-order chi connectivity index (χ1) is 13.9. The lowest BCUT2D eigenvalue weighted by molar-refractivity contribution is 0.0989. The van der Waals surface area contributed by atoms with Crippen LogP contribution >= 0.6 is 11.8 Å². The Morgan fingerprint density at radius 2 is 1.76 bits per heavy atom. The molecule has 0 saturated heterocycles. The van der Waals surface area contributed by atoms with Crippen LogP contribution in [0.5, 0.6) is 0 Å². The Balaban J connectivity index is 1.82. The van der Waals surface area contributed by atoms with Gasteiger partial charge < -0.3 is 4.90 Å². The molecular weight excluding hydrogens is 404 g/mol. The number of rotatable bonds is 8. The highest BCUT2D eigenvalue weighted by Gasteiger charge is 2.29. The number of benzene rings is 2. The van der Waals surface area contributed by atoms with Gasteiger partial charge in [-0.15, -0.1) is 0 Å². The van der Waals surface area contributed by atoms with E-state index in [1.165, 1.54) is 9.87 Å². The third-order valence-electron chi connectivity index (χ3n) is 5.21. The molecule has 1 amide bonds. The van der Waals surface area contributed by atoms with Crippen molar-refractivity contribution in [2.45, 2.75) is 37.8 Å². The van der Waals surface area contributed by atoms with E-state index >= 15 is 0 Å². The summed E-state index contributed by atoms with van der Waals surface area (Å²) in [7, 11) is -3.50. The average molecular weight is 433 g/mol. The molecule has 0 bridgehead atoms. The molecule has 0 aliphatic carbocycles. The van der Waals surface area contributed by atoms with E-state index in [1.807, 2.05) is 49.9 Å². The van der Waals surface area contributed by atoms with Crippen molar-refractivity contribution in [3.8, 4) is 0 Å². The standard InChI is InChI=1S/C22H28N2O3S2/c1-4-23(5-2)29(26,27)20-11-12-21-19(15-20)13-14-24(21)22(25)18-9-7-17(8-10-18)16-28-6-3/h7-12,15H,4-6,13-14,16H2,1-3H3. The molecule has 29 heavy (non-hydrogen) atoms. The Kier molecular flexibility index (Phi) is 7.03. The zero-order valence-electron chi connectivity index (χ0n) is 17.2. The monoisotopic (exact) mass is 432 g/mol. The average Bonchev–Trinajstić information content (AvgIpc) is 3.16. The van der Waals surface area contributed by atoms with Gasteiger partial charge >= 0.3 is 0 Å². The van der Waals surface area contributed by atoms with Crippen LogP contribution in [0.2, 0.25) is 0 Å². The van der Waals surface area contributed by atoms with Crippen LogP contribution in [0.1, 0.15) is 42.3 Å². The second-order valence-electron chi connectivity index (χ2n) is 6.92. The van der Waals surface area contributed by atoms with Crippen LogP contribution < -0.4 is 4.90 Å². The van der Waals surface area contributed by atoms with E-state index in [0.29, 0.717) is 36.5 Å². The van der Waals surface area contributed by atoms with Gasteiger partial charge in [0.1, 0.15) is 0 Å². The highest BCUT2D eigenvalue weighted by molar-refractivity contribution is 7.98. The number of hydrogen-bond acceptors (Lipinski definition) is 4. The third kappa shape index (κ3) is 4.52. The molecular formula is C22H28N2O3S2. The predicted molar refractivity (Wildman–Crippen MR) is 120 cm³/mol. The molecule has 156 valence electrons. The Morgan fingerprint density at radius 1 is 1.07 bits per heavy atom. The van der Waals surface area contributed by atoms with Gasteiger partial charge in [0.25, 0.3) is 5.91 Å². The highest BCUT2D eigenvalue weighted by atomic mass is 32.2. The minimum absolute atomic E-state index is 0.0437. The van der Waals surface area contributed by atoms with E-state index in [2.05, 4.69) is 6.92 Å². The molecule has 0 spiro atoms. The number of carbonyl (C=O) groups is 1. The molecule has 1 aliphatic heterocycles. The lowest BCUT2D eigenvalue weighted by atomic mass is 10.1. The molecule has 3 rings (SSSR count). The summed E-state index contributed by atoms with van der Waals surface area (Å²) >= 11 is 1.85. The number of carbonyl (C=O) groups excluding carboxylic acids is 1. The van der Waals surface area contributed by atoms with Crippen LogP contribution in [-0.2, 0) is 22.2 Å². The number of hydrogen-bond donors (Lipinski definition) is 0. The molecule has 0 radical (unpaired) electrons. The van der Waals surface area contributed by atoms with Crippen LogP contribution in [0.15, 0.2) is 47.4 Å². The summed E-state index contributed by atoms with van der Waals surface area (Å²) in [6.45, 7) is 7.24. The molecule has 1 aliphatic rings. The first-order valence-electron chi connectivity index (χ1n) is 10.0. The lowest BCUT2D eigenvalue weighted by Gasteiger charge is -2.20. The molecule has 5 nitrogen and oxygen atoms in total. The van der Waals surface area contributed by atoms with Crippen molar-refractivity contribution in [1.29, 1.82) is 0 Å². The van der Waals surface area contributed by atoms with Gasteiger partial charge in [0.15, 0.2) is 0 Å². The van der Waals surface area contributed by atoms with Crippen LogP contribution in [-0.4, -0.2) is 44.0 Å². The SMILES string of the molecule is CCSCc1ccc(C(=O)N2CCc3cc(S(=O)(=O)N(CC)CC)ccc32)cc1. The smallest absolute Gasteiger partial charge is 0.258 e. The molecule has 7 heteroatoms. The molecule has 0 N–H and O–H groups in total. The molecule has 0 fully saturated rings. The van der Waals surface area contributed by atoms with Crippen molar-refractivity contribution in [2.24, 2.45) is 0 Å². The first kappa shape index (κ1) is 21.9. The number of sulfonamides is 1. The van der Waals surface area contributed by atoms with Gasteiger partial charge in [-0.05, 0) is 53.6 Å². The third-order valence-corrected chi connectivity index (χ3v) is 8.20. The van der Waals surface area contributed by atoms with Gasteiger partial charge in [0, 0.05) is 36.6 Å². The maximum absolute atomic E-state index is 13.0. The summed E-state index contributed by atoms with van der Waals surface area (Å²) in [5, 5.41) is 0. The van der Waals surface area contributed by atoms with Crippen molar-refractivity contribution >= 4 is 33.4 Å². The molecule has 0 aromatic heterocycles. The minimum Gasteiger partial charge on any atom is -0.308 e. The lowest BCUT2D eigenvalue weighted by Crippen LogP contribution is -2.30. The van der Waals surface area contributed by atoms with Crippen LogP contribution in [0.4, 0.5) is 5.69 Å². The first-order valence-corrected chi connectivity index (χ1v) is 12.6. The normalized spacial score (nSPS) is 13.7. The molecule has 2 aromatic rings. The summed E-state index contributed by atoms with van der Waals surface area (Å²) < 4.78 is 27.0. The number of nitrogens with zero attached hydrogens (tertiary/aromatic N) is 2. The number of thioether (sulfide) groups is 1. The maximum Gasteiger partial charge on any atom is 0.258 e. The van der Waals surface area contributed by atoms with Crippen LogP contribution in [0.3, 0.4) is 0 Å². The van der Waals surface area contributed by atoms with Gasteiger partial charge in [-0.1, -0.05) is 32.9 Å². The van der Waals surface area contributed by atoms with E-state index in [-0.39, 0.29) is 5.91 Å². The second-order valence-corrected chi connectivity index (χ2v) is 10.1. The fourth-order valence-electron chi connectivity index (χ4n) is 3.58. The van der Waals surface area contributed by atoms with Crippen molar-refractivity contribution in [3.63, 3.8) is 0 Å². The molecule has 1 heterocycles. The topological polar surface area (TPSA) is 57.7 Å². The summed E-state index contributed by atoms with van der Waals surface area (Å²) in [5.41, 5.74) is 3.58. The molecule has 0 saturated carbocycles. The Labute approximate surface area is 178 Å². The quantitative estimate of drug-likeness (QED) is 0.628. The van der Waals surface area contributed by atoms with Crippen molar-refractivity contribution in [2.75, 3.05) is 30.3 Å². The summed E-state index contributed by atoms with van der Waals surface area (Å²) in [4.78, 5) is 15.1. The summed E-state index contributed by atoms with van der Waals surface area (Å²) in [6, 6.07) is 12.9. The fourth-order valence-corrected chi connectivity index (χ4v) is 5.72. The highest BCUT2D eigenvalue weighted by Crippen LogP contribution is 2.32. The Hall–Kier alpha value is -1.83. The zero-order valence-corrected chi connectivity index (χ0v) is 18.9.